The van der Waals surface area contributed by atoms with Gasteiger partial charge in [0.25, 0.3) is 5.91 Å². The molecule has 178 valence electrons. The maximum absolute atomic E-state index is 12.5. The van der Waals surface area contributed by atoms with Gasteiger partial charge in [-0.15, -0.1) is 11.8 Å². The van der Waals surface area contributed by atoms with Gasteiger partial charge >= 0.3 is 5.97 Å². The SMILES string of the molecule is CC(=O)N(C)C.CC=CC1=C(C(=O)O)N2C(=O)[C@@H](NC(=O)[C@H](N)c3ccc(O)cc3)[C@@H]2SC1. The van der Waals surface area contributed by atoms with Gasteiger partial charge in [0, 0.05) is 26.8 Å². The summed E-state index contributed by atoms with van der Waals surface area (Å²) in [5, 5.41) is 20.9. The normalized spacial score (nSPS) is 20.3. The number of hydrogen-bond acceptors (Lipinski definition) is 7. The monoisotopic (exact) mass is 476 g/mol. The van der Waals surface area contributed by atoms with Crippen molar-refractivity contribution in [2.24, 2.45) is 5.73 Å². The van der Waals surface area contributed by atoms with Crippen molar-refractivity contribution in [3.05, 3.63) is 53.3 Å². The molecular weight excluding hydrogens is 448 g/mol. The second-order valence-corrected chi connectivity index (χ2v) is 8.66. The van der Waals surface area contributed by atoms with Gasteiger partial charge in [0.05, 0.1) is 0 Å². The third kappa shape index (κ3) is 5.93. The highest BCUT2D eigenvalue weighted by Crippen LogP contribution is 2.40. The van der Waals surface area contributed by atoms with Crippen LogP contribution >= 0.6 is 11.8 Å². The van der Waals surface area contributed by atoms with E-state index in [2.05, 4.69) is 5.32 Å². The molecule has 0 saturated carbocycles. The van der Waals surface area contributed by atoms with Gasteiger partial charge in [0.15, 0.2) is 0 Å². The van der Waals surface area contributed by atoms with E-state index in [0.717, 1.165) is 0 Å². The average Bonchev–Trinajstić information content (AvgIpc) is 2.77. The maximum Gasteiger partial charge on any atom is 0.352 e. The summed E-state index contributed by atoms with van der Waals surface area (Å²) in [5.41, 5.74) is 6.93. The first kappa shape index (κ1) is 25.9. The second-order valence-electron chi connectivity index (χ2n) is 7.56. The summed E-state index contributed by atoms with van der Waals surface area (Å²) in [7, 11) is 3.45. The summed E-state index contributed by atoms with van der Waals surface area (Å²) in [6.45, 7) is 3.30. The Morgan fingerprint density at radius 3 is 2.33 bits per heavy atom. The Kier molecular flexibility index (Phi) is 8.66. The molecule has 0 aliphatic carbocycles. The first-order valence-electron chi connectivity index (χ1n) is 10.1. The van der Waals surface area contributed by atoms with Crippen LogP contribution in [0.4, 0.5) is 0 Å². The third-order valence-corrected chi connectivity index (χ3v) is 6.33. The van der Waals surface area contributed by atoms with Crippen molar-refractivity contribution in [1.29, 1.82) is 0 Å². The molecule has 3 atom stereocenters. The summed E-state index contributed by atoms with van der Waals surface area (Å²) >= 11 is 1.39. The third-order valence-electron chi connectivity index (χ3n) is 5.03. The molecular formula is C22H28N4O6S. The lowest BCUT2D eigenvalue weighted by Crippen LogP contribution is -2.71. The molecule has 11 heteroatoms. The number of thioether (sulfide) groups is 1. The van der Waals surface area contributed by atoms with Crippen LogP contribution in [0.15, 0.2) is 47.7 Å². The molecule has 1 saturated heterocycles. The first-order valence-corrected chi connectivity index (χ1v) is 11.1. The number of carbonyl (C=O) groups is 4. The smallest absolute Gasteiger partial charge is 0.352 e. The van der Waals surface area contributed by atoms with E-state index in [1.54, 1.807) is 33.2 Å². The maximum atomic E-state index is 12.5. The van der Waals surface area contributed by atoms with Crippen molar-refractivity contribution in [2.45, 2.75) is 31.3 Å². The number of phenolic OH excluding ortho intramolecular Hbond substituents is 1. The molecule has 2 heterocycles. The minimum atomic E-state index is -1.17. The fourth-order valence-corrected chi connectivity index (χ4v) is 4.37. The van der Waals surface area contributed by atoms with Gasteiger partial charge < -0.3 is 26.2 Å². The van der Waals surface area contributed by atoms with Crippen LogP contribution in [-0.2, 0) is 19.2 Å². The van der Waals surface area contributed by atoms with Crippen LogP contribution in [0.5, 0.6) is 5.75 Å². The number of fused-ring (bicyclic) bond motifs is 1. The van der Waals surface area contributed by atoms with Crippen LogP contribution in [0.3, 0.4) is 0 Å². The molecule has 0 radical (unpaired) electrons. The van der Waals surface area contributed by atoms with Crippen LogP contribution in [-0.4, -0.2) is 75.0 Å². The number of carboxylic acids is 1. The molecule has 10 nitrogen and oxygen atoms in total. The number of β-lactam (4-membered cyclic amide) rings is 1. The molecule has 3 rings (SSSR count). The zero-order valence-electron chi connectivity index (χ0n) is 18.8. The van der Waals surface area contributed by atoms with E-state index >= 15 is 0 Å². The highest BCUT2D eigenvalue weighted by Gasteiger charge is 2.54. The fourth-order valence-electron chi connectivity index (χ4n) is 3.05. The van der Waals surface area contributed by atoms with E-state index in [9.17, 15) is 29.4 Å². The zero-order valence-corrected chi connectivity index (χ0v) is 19.6. The molecule has 2 aliphatic heterocycles. The number of carboxylic acid groups (broad SMARTS) is 1. The number of amides is 3. The Balaban J connectivity index is 0.000000569. The quantitative estimate of drug-likeness (QED) is 0.455. The molecule has 1 fully saturated rings. The number of nitrogens with zero attached hydrogens (tertiary/aromatic N) is 2. The first-order chi connectivity index (χ1) is 15.5. The van der Waals surface area contributed by atoms with E-state index < -0.39 is 35.2 Å². The zero-order chi connectivity index (χ0) is 24.9. The molecule has 0 spiro atoms. The van der Waals surface area contributed by atoms with Gasteiger partial charge in [-0.3, -0.25) is 19.3 Å². The van der Waals surface area contributed by atoms with E-state index in [1.807, 2.05) is 0 Å². The second kappa shape index (κ2) is 11.0. The van der Waals surface area contributed by atoms with E-state index in [0.29, 0.717) is 16.9 Å². The molecule has 5 N–H and O–H groups in total. The molecule has 0 aromatic heterocycles. The lowest BCUT2D eigenvalue weighted by molar-refractivity contribution is -0.150. The van der Waals surface area contributed by atoms with Gasteiger partial charge in [-0.25, -0.2) is 4.79 Å². The minimum Gasteiger partial charge on any atom is -0.508 e. The Hall–Kier alpha value is -3.31. The minimum absolute atomic E-state index is 0.0461. The number of nitrogens with two attached hydrogens (primary N) is 1. The molecule has 1 aromatic rings. The molecule has 3 amide bonds. The van der Waals surface area contributed by atoms with Crippen molar-refractivity contribution in [1.82, 2.24) is 15.1 Å². The Morgan fingerprint density at radius 2 is 1.85 bits per heavy atom. The number of aliphatic carboxylic acids is 1. The van der Waals surface area contributed by atoms with Crippen LogP contribution in [0.1, 0.15) is 25.5 Å². The molecule has 1 aromatic carbocycles. The predicted molar refractivity (Wildman–Crippen MR) is 124 cm³/mol. The van der Waals surface area contributed by atoms with Crippen molar-refractivity contribution >= 4 is 35.5 Å². The summed E-state index contributed by atoms with van der Waals surface area (Å²) in [6.07, 6.45) is 3.39. The predicted octanol–water partition coefficient (Wildman–Crippen LogP) is 0.801. The summed E-state index contributed by atoms with van der Waals surface area (Å²) in [6, 6.07) is 4.06. The van der Waals surface area contributed by atoms with E-state index in [-0.39, 0.29) is 17.4 Å². The van der Waals surface area contributed by atoms with Crippen LogP contribution in [0.25, 0.3) is 0 Å². The van der Waals surface area contributed by atoms with Gasteiger partial charge in [-0.1, -0.05) is 24.3 Å². The lowest BCUT2D eigenvalue weighted by atomic mass is 10.0. The fraction of sp³-hybridized carbons (Fsp3) is 0.364. The van der Waals surface area contributed by atoms with Crippen molar-refractivity contribution in [3.63, 3.8) is 0 Å². The Bertz CT molecular complexity index is 989. The lowest BCUT2D eigenvalue weighted by Gasteiger charge is -2.49. The number of nitrogens with one attached hydrogen (secondary N) is 1. The highest BCUT2D eigenvalue weighted by molar-refractivity contribution is 8.00. The Labute approximate surface area is 196 Å². The van der Waals surface area contributed by atoms with E-state index in [1.165, 1.54) is 52.8 Å². The number of phenols is 1. The van der Waals surface area contributed by atoms with Gasteiger partial charge in [0.2, 0.25) is 11.8 Å². The molecule has 2 aliphatic rings. The van der Waals surface area contributed by atoms with Crippen LogP contribution in [0, 0.1) is 0 Å². The summed E-state index contributed by atoms with van der Waals surface area (Å²) in [5.74, 6) is -1.61. The number of hydrogen-bond donors (Lipinski definition) is 4. The van der Waals surface area contributed by atoms with Gasteiger partial charge in [-0.05, 0) is 30.2 Å². The van der Waals surface area contributed by atoms with Crippen molar-refractivity contribution in [3.8, 4) is 5.75 Å². The number of aromatic hydroxyl groups is 1. The van der Waals surface area contributed by atoms with Crippen LogP contribution < -0.4 is 11.1 Å². The Morgan fingerprint density at radius 1 is 1.27 bits per heavy atom. The van der Waals surface area contributed by atoms with Gasteiger partial charge in [0.1, 0.15) is 28.9 Å². The molecule has 0 unspecified atom stereocenters. The number of allylic oxidation sites excluding steroid dienone is 2. The van der Waals surface area contributed by atoms with Crippen LogP contribution in [0.2, 0.25) is 0 Å². The van der Waals surface area contributed by atoms with Gasteiger partial charge in [-0.2, -0.15) is 0 Å². The van der Waals surface area contributed by atoms with Crippen molar-refractivity contribution in [2.75, 3.05) is 19.8 Å². The number of benzene rings is 1. The number of carbonyl (C=O) groups excluding carboxylic acids is 3. The largest absolute Gasteiger partial charge is 0.508 e. The summed E-state index contributed by atoms with van der Waals surface area (Å²) < 4.78 is 0. The highest BCUT2D eigenvalue weighted by atomic mass is 32.2. The molecule has 33 heavy (non-hydrogen) atoms. The topological polar surface area (TPSA) is 153 Å². The molecule has 0 bridgehead atoms. The number of rotatable bonds is 5. The van der Waals surface area contributed by atoms with E-state index in [4.69, 9.17) is 5.73 Å². The standard InChI is InChI=1S/C18H19N3O5S.C4H9NO/c1-2-3-10-8-27-17-13(16(24)21(17)14(10)18(25)26)20-15(23)12(19)9-4-6-11(22)7-5-9;1-4(6)5(2)3/h2-7,12-13,17,22H,8,19H2,1H3,(H,20,23)(H,25,26);1-3H3/t12-,13-,17+;/m1./s1. The average molecular weight is 477 g/mol. The van der Waals surface area contributed by atoms with Crippen molar-refractivity contribution < 1.29 is 29.4 Å². The summed E-state index contributed by atoms with van der Waals surface area (Å²) in [4.78, 5) is 49.3.